The number of halogens is 2. The summed E-state index contributed by atoms with van der Waals surface area (Å²) >= 11 is 5.87. The molecule has 0 aliphatic rings. The van der Waals surface area contributed by atoms with E-state index in [9.17, 15) is 9.18 Å². The van der Waals surface area contributed by atoms with Crippen molar-refractivity contribution in [3.05, 3.63) is 34.6 Å². The maximum Gasteiger partial charge on any atom is 0.162 e. The Kier molecular flexibility index (Phi) is 4.66. The third-order valence-corrected chi connectivity index (χ3v) is 2.43. The molecule has 94 valence electrons. The highest BCUT2D eigenvalue weighted by atomic mass is 35.5. The number of hydrogen-bond donors (Lipinski definition) is 0. The third kappa shape index (κ3) is 5.29. The van der Waals surface area contributed by atoms with Crippen LogP contribution in [0.25, 0.3) is 0 Å². The minimum atomic E-state index is -0.395. The molecule has 0 spiro atoms. The number of ketones is 1. The lowest BCUT2D eigenvalue weighted by molar-refractivity contribution is -0.127. The Morgan fingerprint density at radius 1 is 1.41 bits per heavy atom. The van der Waals surface area contributed by atoms with E-state index in [1.165, 1.54) is 18.2 Å². The van der Waals surface area contributed by atoms with Crippen LogP contribution in [0.3, 0.4) is 0 Å². The van der Waals surface area contributed by atoms with Gasteiger partial charge in [-0.15, -0.1) is 0 Å². The fraction of sp³-hybridized carbons (Fsp3) is 0.462. The van der Waals surface area contributed by atoms with Gasteiger partial charge in [-0.25, -0.2) is 4.39 Å². The van der Waals surface area contributed by atoms with E-state index < -0.39 is 5.82 Å². The molecule has 17 heavy (non-hydrogen) atoms. The average molecular weight is 259 g/mol. The summed E-state index contributed by atoms with van der Waals surface area (Å²) in [5.74, 6) is -0.513. The summed E-state index contributed by atoms with van der Waals surface area (Å²) in [5, 5.41) is 0.399. The summed E-state index contributed by atoms with van der Waals surface area (Å²) in [7, 11) is 0. The Balaban J connectivity index is 2.59. The summed E-state index contributed by atoms with van der Waals surface area (Å²) in [4.78, 5) is 11.6. The number of benzene rings is 1. The van der Waals surface area contributed by atoms with E-state index in [-0.39, 0.29) is 24.4 Å². The predicted molar refractivity (Wildman–Crippen MR) is 65.8 cm³/mol. The lowest BCUT2D eigenvalue weighted by Gasteiger charge is -2.18. The highest BCUT2D eigenvalue weighted by Gasteiger charge is 2.14. The highest BCUT2D eigenvalue weighted by molar-refractivity contribution is 6.31. The van der Waals surface area contributed by atoms with Crippen molar-refractivity contribution >= 4 is 17.4 Å². The topological polar surface area (TPSA) is 26.3 Å². The van der Waals surface area contributed by atoms with Crippen LogP contribution in [0.4, 0.5) is 4.39 Å². The Hall–Kier alpha value is -0.930. The summed E-state index contributed by atoms with van der Waals surface area (Å²) in [6.07, 6.45) is 0.0900. The Morgan fingerprint density at radius 2 is 2.06 bits per heavy atom. The Morgan fingerprint density at radius 3 is 2.65 bits per heavy atom. The second kappa shape index (κ2) is 5.61. The number of ether oxygens (including phenoxy) is 1. The monoisotopic (exact) mass is 258 g/mol. The first kappa shape index (κ1) is 14.1. The van der Waals surface area contributed by atoms with Gasteiger partial charge in [0.15, 0.2) is 5.78 Å². The van der Waals surface area contributed by atoms with Gasteiger partial charge >= 0.3 is 0 Å². The lowest BCUT2D eigenvalue weighted by Crippen LogP contribution is -2.24. The van der Waals surface area contributed by atoms with Crippen LogP contribution >= 0.6 is 11.6 Å². The molecule has 0 aliphatic heterocycles. The minimum Gasteiger partial charge on any atom is -0.368 e. The SMILES string of the molecule is CC(C)(C)OCC(=O)Cc1cc(F)ccc1Cl. The van der Waals surface area contributed by atoms with E-state index in [1.807, 2.05) is 20.8 Å². The number of carbonyl (C=O) groups excluding carboxylic acids is 1. The maximum absolute atomic E-state index is 13.0. The molecule has 0 amide bonds. The van der Waals surface area contributed by atoms with E-state index in [2.05, 4.69) is 0 Å². The van der Waals surface area contributed by atoms with Crippen LogP contribution in [0.15, 0.2) is 18.2 Å². The molecule has 0 saturated heterocycles. The van der Waals surface area contributed by atoms with Crippen LogP contribution in [0.1, 0.15) is 26.3 Å². The van der Waals surface area contributed by atoms with Crippen molar-refractivity contribution < 1.29 is 13.9 Å². The number of rotatable bonds is 4. The number of hydrogen-bond acceptors (Lipinski definition) is 2. The molecule has 4 heteroatoms. The molecule has 0 radical (unpaired) electrons. The molecule has 0 N–H and O–H groups in total. The van der Waals surface area contributed by atoms with Gasteiger partial charge in [0.2, 0.25) is 0 Å². The second-order valence-electron chi connectivity index (χ2n) is 4.85. The van der Waals surface area contributed by atoms with Gasteiger partial charge in [0.1, 0.15) is 12.4 Å². The zero-order valence-electron chi connectivity index (χ0n) is 10.2. The van der Waals surface area contributed by atoms with Gasteiger partial charge < -0.3 is 4.74 Å². The van der Waals surface area contributed by atoms with Crippen molar-refractivity contribution in [1.29, 1.82) is 0 Å². The fourth-order valence-corrected chi connectivity index (χ4v) is 1.42. The van der Waals surface area contributed by atoms with Crippen LogP contribution in [-0.4, -0.2) is 18.0 Å². The van der Waals surface area contributed by atoms with Gasteiger partial charge in [-0.05, 0) is 44.5 Å². The van der Waals surface area contributed by atoms with Gasteiger partial charge in [0.25, 0.3) is 0 Å². The summed E-state index contributed by atoms with van der Waals surface area (Å²) in [6, 6.07) is 3.99. The van der Waals surface area contributed by atoms with Crippen molar-refractivity contribution in [3.8, 4) is 0 Å². The molecule has 0 saturated carbocycles. The van der Waals surface area contributed by atoms with E-state index in [0.29, 0.717) is 10.6 Å². The first-order valence-electron chi connectivity index (χ1n) is 5.37. The van der Waals surface area contributed by atoms with E-state index in [1.54, 1.807) is 0 Å². The Labute approximate surface area is 106 Å². The van der Waals surface area contributed by atoms with Gasteiger partial charge in [0.05, 0.1) is 5.60 Å². The molecule has 0 heterocycles. The van der Waals surface area contributed by atoms with Gasteiger partial charge in [0, 0.05) is 11.4 Å². The van der Waals surface area contributed by atoms with Crippen LogP contribution in [0, 0.1) is 5.82 Å². The van der Waals surface area contributed by atoms with Gasteiger partial charge in [-0.3, -0.25) is 4.79 Å². The van der Waals surface area contributed by atoms with Crippen LogP contribution in [-0.2, 0) is 16.0 Å². The molecule has 0 aliphatic carbocycles. The molecule has 0 aromatic heterocycles. The van der Waals surface area contributed by atoms with Crippen molar-refractivity contribution in [2.24, 2.45) is 0 Å². The van der Waals surface area contributed by atoms with E-state index in [0.717, 1.165) is 0 Å². The molecule has 0 fully saturated rings. The molecule has 1 aromatic carbocycles. The zero-order chi connectivity index (χ0) is 13.1. The van der Waals surface area contributed by atoms with Crippen LogP contribution < -0.4 is 0 Å². The molecular formula is C13H16ClFO2. The quantitative estimate of drug-likeness (QED) is 0.827. The molecular weight excluding hydrogens is 243 g/mol. The highest BCUT2D eigenvalue weighted by Crippen LogP contribution is 2.18. The minimum absolute atomic E-state index is 0.0103. The van der Waals surface area contributed by atoms with Crippen LogP contribution in [0.2, 0.25) is 5.02 Å². The third-order valence-electron chi connectivity index (χ3n) is 2.06. The number of carbonyl (C=O) groups is 1. The molecule has 0 unspecified atom stereocenters. The van der Waals surface area contributed by atoms with Crippen molar-refractivity contribution in [2.75, 3.05) is 6.61 Å². The largest absolute Gasteiger partial charge is 0.368 e. The first-order valence-corrected chi connectivity index (χ1v) is 5.75. The maximum atomic E-state index is 13.0. The van der Waals surface area contributed by atoms with Gasteiger partial charge in [-0.2, -0.15) is 0 Å². The van der Waals surface area contributed by atoms with Crippen molar-refractivity contribution in [1.82, 2.24) is 0 Å². The van der Waals surface area contributed by atoms with E-state index >= 15 is 0 Å². The second-order valence-corrected chi connectivity index (χ2v) is 5.26. The average Bonchev–Trinajstić information content (AvgIpc) is 2.20. The lowest BCUT2D eigenvalue weighted by atomic mass is 10.1. The normalized spacial score (nSPS) is 11.6. The molecule has 0 atom stereocenters. The first-order chi connectivity index (χ1) is 7.78. The predicted octanol–water partition coefficient (Wildman–Crippen LogP) is 3.41. The zero-order valence-corrected chi connectivity index (χ0v) is 11.0. The van der Waals surface area contributed by atoms with Crippen molar-refractivity contribution in [2.45, 2.75) is 32.8 Å². The summed E-state index contributed by atoms with van der Waals surface area (Å²) in [5.41, 5.74) is 0.135. The van der Waals surface area contributed by atoms with Crippen molar-refractivity contribution in [3.63, 3.8) is 0 Å². The standard InChI is InChI=1S/C13H16ClFO2/c1-13(2,3)17-8-11(16)7-9-6-10(15)4-5-12(9)14/h4-6H,7-8H2,1-3H3. The van der Waals surface area contributed by atoms with Gasteiger partial charge in [-0.1, -0.05) is 11.6 Å². The molecule has 1 rings (SSSR count). The Bertz CT molecular complexity index is 410. The van der Waals surface area contributed by atoms with Crippen LogP contribution in [0.5, 0.6) is 0 Å². The fourth-order valence-electron chi connectivity index (χ4n) is 1.24. The van der Waals surface area contributed by atoms with E-state index in [4.69, 9.17) is 16.3 Å². The summed E-state index contributed by atoms with van der Waals surface area (Å²) < 4.78 is 18.3. The molecule has 2 nitrogen and oxygen atoms in total. The smallest absolute Gasteiger partial charge is 0.162 e. The molecule has 0 bridgehead atoms. The molecule has 1 aromatic rings. The summed E-state index contributed by atoms with van der Waals surface area (Å²) in [6.45, 7) is 5.62. The number of Topliss-reactive ketones (excluding diaryl/α,β-unsaturated/α-hetero) is 1.